The van der Waals surface area contributed by atoms with Crippen molar-refractivity contribution in [1.82, 2.24) is 25.3 Å². The average molecular weight is 464 g/mol. The van der Waals surface area contributed by atoms with Gasteiger partial charge >= 0.3 is 0 Å². The normalized spacial score (nSPS) is 15.5. The molecule has 2 N–H and O–H groups in total. The number of hydrogen-bond donors (Lipinski definition) is 2. The third-order valence-electron chi connectivity index (χ3n) is 6.13. The molecular formula is C24H29N7O3. The van der Waals surface area contributed by atoms with Gasteiger partial charge < -0.3 is 20.3 Å². The van der Waals surface area contributed by atoms with Gasteiger partial charge in [-0.05, 0) is 62.7 Å². The minimum atomic E-state index is -0.377. The topological polar surface area (TPSA) is 114 Å². The minimum Gasteiger partial charge on any atom is -0.497 e. The molecule has 3 aromatic rings. The summed E-state index contributed by atoms with van der Waals surface area (Å²) in [6, 6.07) is 10.9. The summed E-state index contributed by atoms with van der Waals surface area (Å²) in [7, 11) is 1.59. The first-order chi connectivity index (χ1) is 16.4. The summed E-state index contributed by atoms with van der Waals surface area (Å²) in [5, 5.41) is 19.0. The largest absolute Gasteiger partial charge is 0.497 e. The highest BCUT2D eigenvalue weighted by Gasteiger charge is 2.34. The van der Waals surface area contributed by atoms with E-state index in [0.29, 0.717) is 31.3 Å². The SMILES string of the molecule is COc1ccc(N2CC(C(=O)NCCNc3ccc(-n4nc(C)c(C)c4C)nn3)CC2=O)cc1. The molecule has 1 aliphatic heterocycles. The molecule has 3 heterocycles. The highest BCUT2D eigenvalue weighted by molar-refractivity contribution is 6.00. The van der Waals surface area contributed by atoms with Crippen LogP contribution >= 0.6 is 0 Å². The molecule has 178 valence electrons. The van der Waals surface area contributed by atoms with Crippen LogP contribution in [0.25, 0.3) is 5.82 Å². The molecule has 0 radical (unpaired) electrons. The number of nitrogens with zero attached hydrogens (tertiary/aromatic N) is 5. The van der Waals surface area contributed by atoms with Crippen LogP contribution in [0.1, 0.15) is 23.4 Å². The smallest absolute Gasteiger partial charge is 0.227 e. The van der Waals surface area contributed by atoms with Crippen molar-refractivity contribution in [2.45, 2.75) is 27.2 Å². The van der Waals surface area contributed by atoms with Gasteiger partial charge in [-0.15, -0.1) is 10.2 Å². The van der Waals surface area contributed by atoms with Crippen LogP contribution in [-0.4, -0.2) is 58.5 Å². The predicted octanol–water partition coefficient (Wildman–Crippen LogP) is 2.18. The number of hydrogen-bond acceptors (Lipinski definition) is 7. The molecule has 1 saturated heterocycles. The number of aryl methyl sites for hydroxylation is 1. The van der Waals surface area contributed by atoms with E-state index in [1.807, 2.05) is 45.0 Å². The Hall–Kier alpha value is -3.95. The first-order valence-corrected chi connectivity index (χ1v) is 11.2. The average Bonchev–Trinajstić information content (AvgIpc) is 3.37. The van der Waals surface area contributed by atoms with Crippen LogP contribution < -0.4 is 20.3 Å². The minimum absolute atomic E-state index is 0.0587. The quantitative estimate of drug-likeness (QED) is 0.492. The first kappa shape index (κ1) is 23.2. The molecule has 0 aliphatic carbocycles. The molecule has 2 amide bonds. The van der Waals surface area contributed by atoms with Gasteiger partial charge in [0.1, 0.15) is 11.6 Å². The highest BCUT2D eigenvalue weighted by atomic mass is 16.5. The number of carbonyl (C=O) groups is 2. The lowest BCUT2D eigenvalue weighted by atomic mass is 10.1. The molecule has 0 bridgehead atoms. The molecule has 0 spiro atoms. The van der Waals surface area contributed by atoms with Crippen molar-refractivity contribution in [1.29, 1.82) is 0 Å². The summed E-state index contributed by atoms with van der Waals surface area (Å²) in [6.45, 7) is 7.26. The van der Waals surface area contributed by atoms with Crippen molar-refractivity contribution < 1.29 is 14.3 Å². The summed E-state index contributed by atoms with van der Waals surface area (Å²) >= 11 is 0. The number of aromatic nitrogens is 4. The Bertz CT molecular complexity index is 1170. The van der Waals surface area contributed by atoms with E-state index in [4.69, 9.17) is 4.74 Å². The lowest BCUT2D eigenvalue weighted by molar-refractivity contribution is -0.126. The maximum Gasteiger partial charge on any atom is 0.227 e. The van der Waals surface area contributed by atoms with Gasteiger partial charge in [-0.25, -0.2) is 4.68 Å². The Morgan fingerprint density at radius 2 is 1.85 bits per heavy atom. The molecule has 1 unspecified atom stereocenters. The van der Waals surface area contributed by atoms with Gasteiger partial charge in [0.05, 0.1) is 18.7 Å². The predicted molar refractivity (Wildman–Crippen MR) is 128 cm³/mol. The second-order valence-electron chi connectivity index (χ2n) is 8.31. The molecule has 4 rings (SSSR count). The monoisotopic (exact) mass is 463 g/mol. The maximum atomic E-state index is 12.6. The van der Waals surface area contributed by atoms with E-state index in [1.165, 1.54) is 0 Å². The van der Waals surface area contributed by atoms with Crippen LogP contribution in [0.3, 0.4) is 0 Å². The number of nitrogens with one attached hydrogen (secondary N) is 2. The lowest BCUT2D eigenvalue weighted by Crippen LogP contribution is -2.35. The Balaban J connectivity index is 1.24. The van der Waals surface area contributed by atoms with Crippen LogP contribution in [0.5, 0.6) is 5.75 Å². The number of benzene rings is 1. The van der Waals surface area contributed by atoms with E-state index < -0.39 is 0 Å². The second kappa shape index (κ2) is 9.90. The summed E-state index contributed by atoms with van der Waals surface area (Å²) < 4.78 is 6.93. The van der Waals surface area contributed by atoms with E-state index in [1.54, 1.807) is 28.8 Å². The van der Waals surface area contributed by atoms with E-state index >= 15 is 0 Å². The van der Waals surface area contributed by atoms with Gasteiger partial charge in [-0.3, -0.25) is 9.59 Å². The van der Waals surface area contributed by atoms with Crippen LogP contribution in [0.4, 0.5) is 11.5 Å². The Kier molecular flexibility index (Phi) is 6.76. The molecule has 10 heteroatoms. The highest BCUT2D eigenvalue weighted by Crippen LogP contribution is 2.27. The second-order valence-corrected chi connectivity index (χ2v) is 8.31. The van der Waals surface area contributed by atoms with Gasteiger partial charge in [0.15, 0.2) is 5.82 Å². The standard InChI is InChI=1S/C24H29N7O3/c1-15-16(2)29-31(17(15)3)22-10-9-21(27-28-22)25-11-12-26-24(33)18-13-23(32)30(14-18)19-5-7-20(34-4)8-6-19/h5-10,18H,11-14H2,1-4H3,(H,25,27)(H,26,33). The molecule has 2 aromatic heterocycles. The molecular weight excluding hydrogens is 434 g/mol. The third kappa shape index (κ3) is 4.85. The van der Waals surface area contributed by atoms with Gasteiger partial charge in [0, 0.05) is 37.4 Å². The molecule has 1 fully saturated rings. The Morgan fingerprint density at radius 3 is 2.47 bits per heavy atom. The number of carbonyl (C=O) groups excluding carboxylic acids is 2. The molecule has 34 heavy (non-hydrogen) atoms. The number of anilines is 2. The summed E-state index contributed by atoms with van der Waals surface area (Å²) in [4.78, 5) is 26.6. The van der Waals surface area contributed by atoms with E-state index in [0.717, 1.165) is 28.4 Å². The van der Waals surface area contributed by atoms with Crippen LogP contribution in [0.2, 0.25) is 0 Å². The summed E-state index contributed by atoms with van der Waals surface area (Å²) in [5.41, 5.74) is 3.90. The number of amides is 2. The van der Waals surface area contributed by atoms with Gasteiger partial charge in [0.2, 0.25) is 11.8 Å². The maximum absolute atomic E-state index is 12.6. The molecule has 1 atom stereocenters. The zero-order valence-electron chi connectivity index (χ0n) is 19.8. The van der Waals surface area contributed by atoms with Crippen LogP contribution in [0.15, 0.2) is 36.4 Å². The van der Waals surface area contributed by atoms with E-state index in [9.17, 15) is 9.59 Å². The number of rotatable bonds is 8. The fourth-order valence-electron chi connectivity index (χ4n) is 3.89. The number of ether oxygens (including phenoxy) is 1. The Labute approximate surface area is 198 Å². The van der Waals surface area contributed by atoms with Gasteiger partial charge in [0.25, 0.3) is 0 Å². The number of methoxy groups -OCH3 is 1. The third-order valence-corrected chi connectivity index (χ3v) is 6.13. The fourth-order valence-corrected chi connectivity index (χ4v) is 3.89. The van der Waals surface area contributed by atoms with Crippen molar-refractivity contribution in [3.8, 4) is 11.6 Å². The zero-order chi connectivity index (χ0) is 24.2. The zero-order valence-corrected chi connectivity index (χ0v) is 19.8. The fraction of sp³-hybridized carbons (Fsp3) is 0.375. The van der Waals surface area contributed by atoms with Crippen LogP contribution in [0, 0.1) is 26.7 Å². The van der Waals surface area contributed by atoms with Crippen molar-refractivity contribution in [3.63, 3.8) is 0 Å². The molecule has 10 nitrogen and oxygen atoms in total. The van der Waals surface area contributed by atoms with Gasteiger partial charge in [-0.2, -0.15) is 5.10 Å². The molecule has 0 saturated carbocycles. The van der Waals surface area contributed by atoms with Crippen molar-refractivity contribution in [2.24, 2.45) is 5.92 Å². The van der Waals surface area contributed by atoms with Crippen LogP contribution in [-0.2, 0) is 9.59 Å². The Morgan fingerprint density at radius 1 is 1.09 bits per heavy atom. The van der Waals surface area contributed by atoms with Crippen molar-refractivity contribution in [3.05, 3.63) is 53.3 Å². The first-order valence-electron chi connectivity index (χ1n) is 11.2. The summed E-state index contributed by atoms with van der Waals surface area (Å²) in [6.07, 6.45) is 0.198. The lowest BCUT2D eigenvalue weighted by Gasteiger charge is -2.17. The molecule has 1 aromatic carbocycles. The molecule has 1 aliphatic rings. The van der Waals surface area contributed by atoms with Crippen molar-refractivity contribution in [2.75, 3.05) is 37.0 Å². The van der Waals surface area contributed by atoms with Crippen molar-refractivity contribution >= 4 is 23.3 Å². The van der Waals surface area contributed by atoms with E-state index in [2.05, 4.69) is 25.9 Å². The van der Waals surface area contributed by atoms with Gasteiger partial charge in [-0.1, -0.05) is 0 Å². The van der Waals surface area contributed by atoms with E-state index in [-0.39, 0.29) is 24.2 Å². The summed E-state index contributed by atoms with van der Waals surface area (Å²) in [5.74, 6) is 1.41.